The number of Topliss-reactive ketones (excluding diaryl/α,β-unsaturated/α-hetero) is 1. The number of benzene rings is 3. The zero-order chi connectivity index (χ0) is 28.7. The average molecular weight is 567 g/mol. The van der Waals surface area contributed by atoms with E-state index >= 15 is 0 Å². The molecule has 0 bridgehead atoms. The molecule has 3 aromatic carbocycles. The lowest BCUT2D eigenvalue weighted by Gasteiger charge is -2.27. The number of sulfone groups is 1. The van der Waals surface area contributed by atoms with Gasteiger partial charge in [0.1, 0.15) is 11.6 Å². The molecule has 0 amide bonds. The van der Waals surface area contributed by atoms with Gasteiger partial charge in [0.15, 0.2) is 32.8 Å². The van der Waals surface area contributed by atoms with Gasteiger partial charge in [-0.3, -0.25) is 4.79 Å². The van der Waals surface area contributed by atoms with Gasteiger partial charge in [0.2, 0.25) is 0 Å². The van der Waals surface area contributed by atoms with Gasteiger partial charge in [-0.25, -0.2) is 22.2 Å². The van der Waals surface area contributed by atoms with Crippen molar-refractivity contribution in [2.45, 2.75) is 63.5 Å². The lowest BCUT2D eigenvalue weighted by molar-refractivity contribution is -0.117. The van der Waals surface area contributed by atoms with Crippen LogP contribution in [0.3, 0.4) is 0 Å². The van der Waals surface area contributed by atoms with Crippen LogP contribution in [0.15, 0.2) is 65.6 Å². The molecule has 1 fully saturated rings. The van der Waals surface area contributed by atoms with Crippen molar-refractivity contribution in [3.8, 4) is 5.75 Å². The molecule has 0 atom stereocenters. The van der Waals surface area contributed by atoms with Gasteiger partial charge in [0.25, 0.3) is 0 Å². The molecule has 0 aliphatic heterocycles. The fourth-order valence-corrected chi connectivity index (χ4v) is 5.75. The Hall–Kier alpha value is -3.59. The summed E-state index contributed by atoms with van der Waals surface area (Å²) in [7, 11) is -3.29. The minimum atomic E-state index is -3.29. The summed E-state index contributed by atoms with van der Waals surface area (Å²) >= 11 is 0. The molecule has 0 N–H and O–H groups in total. The van der Waals surface area contributed by atoms with Crippen LogP contribution < -0.4 is 4.74 Å². The molecule has 40 heavy (non-hydrogen) atoms. The van der Waals surface area contributed by atoms with Crippen molar-refractivity contribution in [2.24, 2.45) is 5.92 Å². The van der Waals surface area contributed by atoms with E-state index in [4.69, 9.17) is 9.72 Å². The highest BCUT2D eigenvalue weighted by Gasteiger charge is 2.33. The minimum absolute atomic E-state index is 0.00136. The van der Waals surface area contributed by atoms with Gasteiger partial charge in [-0.1, -0.05) is 25.1 Å². The summed E-state index contributed by atoms with van der Waals surface area (Å²) in [6.07, 6.45) is 2.66. The average Bonchev–Trinajstić information content (AvgIpc) is 3.65. The first-order valence-corrected chi connectivity index (χ1v) is 15.1. The third-order valence-electron chi connectivity index (χ3n) is 7.21. The largest absolute Gasteiger partial charge is 0.477 e. The molecule has 9 heteroatoms. The molecule has 1 aromatic heterocycles. The van der Waals surface area contributed by atoms with Gasteiger partial charge < -0.3 is 9.30 Å². The van der Waals surface area contributed by atoms with E-state index in [1.165, 1.54) is 6.07 Å². The van der Waals surface area contributed by atoms with Crippen LogP contribution in [0.4, 0.5) is 8.78 Å². The number of hydrogen-bond acceptors (Lipinski definition) is 5. The lowest BCUT2D eigenvalue weighted by atomic mass is 10.0. The van der Waals surface area contributed by atoms with E-state index < -0.39 is 27.1 Å². The maximum absolute atomic E-state index is 14.4. The first-order chi connectivity index (χ1) is 18.9. The highest BCUT2D eigenvalue weighted by molar-refractivity contribution is 7.91. The van der Waals surface area contributed by atoms with E-state index in [1.54, 1.807) is 31.2 Å². The van der Waals surface area contributed by atoms with E-state index in [9.17, 15) is 22.0 Å². The van der Waals surface area contributed by atoms with Crippen LogP contribution >= 0.6 is 0 Å². The number of hydrogen-bond donors (Lipinski definition) is 0. The Morgan fingerprint density at radius 1 is 1.00 bits per heavy atom. The molecule has 0 spiro atoms. The van der Waals surface area contributed by atoms with Crippen molar-refractivity contribution < 1.29 is 26.7 Å². The van der Waals surface area contributed by atoms with Gasteiger partial charge in [0, 0.05) is 25.5 Å². The molecule has 1 saturated carbocycles. The van der Waals surface area contributed by atoms with Crippen LogP contribution in [0.2, 0.25) is 0 Å². The Kier molecular flexibility index (Phi) is 7.52. The van der Waals surface area contributed by atoms with Crippen LogP contribution in [0.5, 0.6) is 5.75 Å². The number of carbonyl (C=O) groups is 1. The Morgan fingerprint density at radius 2 is 1.68 bits per heavy atom. The second-order valence-electron chi connectivity index (χ2n) is 10.9. The summed E-state index contributed by atoms with van der Waals surface area (Å²) < 4.78 is 60.0. The van der Waals surface area contributed by atoms with Gasteiger partial charge in [0.05, 0.1) is 21.7 Å². The Bertz CT molecular complexity index is 1670. The highest BCUT2D eigenvalue weighted by atomic mass is 32.2. The monoisotopic (exact) mass is 566 g/mol. The van der Waals surface area contributed by atoms with E-state index in [1.807, 2.05) is 32.0 Å². The van der Waals surface area contributed by atoms with E-state index in [0.29, 0.717) is 17.3 Å². The predicted octanol–water partition coefficient (Wildman–Crippen LogP) is 6.19. The fraction of sp³-hybridized carbons (Fsp3) is 0.355. The lowest BCUT2D eigenvalue weighted by Crippen LogP contribution is -2.30. The normalized spacial score (nSPS) is 14.0. The molecule has 0 unspecified atom stereocenters. The molecule has 6 nitrogen and oxygen atoms in total. The minimum Gasteiger partial charge on any atom is -0.477 e. The van der Waals surface area contributed by atoms with Crippen molar-refractivity contribution in [1.82, 2.24) is 9.55 Å². The number of imidazole rings is 1. The fourth-order valence-electron chi connectivity index (χ4n) is 4.87. The third-order valence-corrected chi connectivity index (χ3v) is 8.96. The van der Waals surface area contributed by atoms with Gasteiger partial charge in [-0.15, -0.1) is 0 Å². The number of ether oxygens (including phenoxy) is 1. The number of ketones is 1. The first kappa shape index (κ1) is 28.0. The molecule has 5 rings (SSSR count). The van der Waals surface area contributed by atoms with Crippen molar-refractivity contribution in [2.75, 3.05) is 5.75 Å². The standard InChI is InChI=1S/C31H32F2N2O4S/c1-4-40(37,38)25-11-7-20(8-12-25)15-24(36)16-22-9-13-28-27(17-22)34-30(35(28)19-21-5-6-21)31(2,3)39-29-14-10-23(32)18-26(29)33/h7-14,17-18,21H,4-6,15-16,19H2,1-3H3. The van der Waals surface area contributed by atoms with Crippen LogP contribution in [-0.2, 0) is 39.6 Å². The van der Waals surface area contributed by atoms with Gasteiger partial charge in [-0.05, 0) is 80.1 Å². The number of nitrogens with zero attached hydrogens (tertiary/aromatic N) is 2. The molecule has 1 aliphatic carbocycles. The number of fused-ring (bicyclic) bond motifs is 1. The van der Waals surface area contributed by atoms with Crippen LogP contribution in [0, 0.1) is 17.6 Å². The second kappa shape index (κ2) is 10.8. The van der Waals surface area contributed by atoms with Crippen molar-refractivity contribution in [3.05, 3.63) is 89.2 Å². The van der Waals surface area contributed by atoms with Gasteiger partial charge in [-0.2, -0.15) is 0 Å². The van der Waals surface area contributed by atoms with Crippen molar-refractivity contribution in [3.63, 3.8) is 0 Å². The highest BCUT2D eigenvalue weighted by Crippen LogP contribution is 2.36. The summed E-state index contributed by atoms with van der Waals surface area (Å²) in [5, 5.41) is 0. The molecular formula is C31H32F2N2O4S. The third kappa shape index (κ3) is 6.09. The smallest absolute Gasteiger partial charge is 0.178 e. The Morgan fingerprint density at radius 3 is 2.33 bits per heavy atom. The SMILES string of the molecule is CCS(=O)(=O)c1ccc(CC(=O)Cc2ccc3c(c2)nc(C(C)(C)Oc2ccc(F)cc2F)n3CC2CC2)cc1. The molecule has 1 aliphatic rings. The van der Waals surface area contributed by atoms with Gasteiger partial charge >= 0.3 is 0 Å². The number of aromatic nitrogens is 2. The maximum atomic E-state index is 14.4. The number of rotatable bonds is 11. The van der Waals surface area contributed by atoms with Crippen molar-refractivity contribution >= 4 is 26.7 Å². The summed E-state index contributed by atoms with van der Waals surface area (Å²) in [5.41, 5.74) is 2.17. The molecule has 4 aromatic rings. The van der Waals surface area contributed by atoms with Crippen LogP contribution in [0.1, 0.15) is 50.6 Å². The van der Waals surface area contributed by atoms with E-state index in [-0.39, 0.29) is 35.0 Å². The molecule has 1 heterocycles. The summed E-state index contributed by atoms with van der Waals surface area (Å²) in [6.45, 7) is 5.97. The topological polar surface area (TPSA) is 78.3 Å². The zero-order valence-corrected chi connectivity index (χ0v) is 23.6. The summed E-state index contributed by atoms with van der Waals surface area (Å²) in [6, 6.07) is 15.5. The molecule has 0 saturated heterocycles. The quantitative estimate of drug-likeness (QED) is 0.216. The van der Waals surface area contributed by atoms with E-state index in [2.05, 4.69) is 4.57 Å². The summed E-state index contributed by atoms with van der Waals surface area (Å²) in [5.74, 6) is -0.314. The Labute approximate surface area is 232 Å². The molecular weight excluding hydrogens is 534 g/mol. The zero-order valence-electron chi connectivity index (χ0n) is 22.8. The first-order valence-electron chi connectivity index (χ1n) is 13.4. The van der Waals surface area contributed by atoms with Crippen molar-refractivity contribution in [1.29, 1.82) is 0 Å². The number of halogens is 2. The molecule has 210 valence electrons. The molecule has 0 radical (unpaired) electrons. The van der Waals surface area contributed by atoms with Crippen LogP contribution in [0.25, 0.3) is 11.0 Å². The maximum Gasteiger partial charge on any atom is 0.178 e. The van der Waals surface area contributed by atoms with E-state index in [0.717, 1.165) is 48.2 Å². The number of carbonyl (C=O) groups excluding carboxylic acids is 1. The predicted molar refractivity (Wildman–Crippen MR) is 149 cm³/mol. The second-order valence-corrected chi connectivity index (χ2v) is 13.2. The van der Waals surface area contributed by atoms with Crippen LogP contribution in [-0.4, -0.2) is 29.5 Å². The summed E-state index contributed by atoms with van der Waals surface area (Å²) in [4.78, 5) is 18.0. The Balaban J connectivity index is 1.37.